The number of H-pyrrole nitrogens is 1. The van der Waals surface area contributed by atoms with Gasteiger partial charge in [0.05, 0.1) is 7.11 Å². The Balaban J connectivity index is 2.16. The lowest BCUT2D eigenvalue weighted by Crippen LogP contribution is -1.88. The van der Waals surface area contributed by atoms with E-state index in [1.807, 2.05) is 24.3 Å². The van der Waals surface area contributed by atoms with Crippen LogP contribution in [0, 0.1) is 0 Å². The first-order valence-corrected chi connectivity index (χ1v) is 5.65. The molecule has 1 aromatic carbocycles. The molecule has 4 heteroatoms. The number of benzene rings is 1. The van der Waals surface area contributed by atoms with Gasteiger partial charge >= 0.3 is 0 Å². The van der Waals surface area contributed by atoms with Crippen LogP contribution in [0.1, 0.15) is 0 Å². The number of hydrogen-bond acceptors (Lipinski definition) is 3. The lowest BCUT2D eigenvalue weighted by Gasteiger charge is -1.99. The van der Waals surface area contributed by atoms with Crippen molar-refractivity contribution in [2.24, 2.45) is 0 Å². The number of nitrogens with zero attached hydrogens (tertiary/aromatic N) is 1. The molecule has 0 spiro atoms. The fourth-order valence-corrected chi connectivity index (χ4v) is 2.03. The molecule has 2 heterocycles. The molecule has 3 N–H and O–H groups in total. The fourth-order valence-electron chi connectivity index (χ4n) is 2.03. The number of nitrogens with one attached hydrogen (secondary N) is 1. The van der Waals surface area contributed by atoms with E-state index in [9.17, 15) is 0 Å². The van der Waals surface area contributed by atoms with Crippen molar-refractivity contribution < 1.29 is 4.74 Å². The van der Waals surface area contributed by atoms with Crippen molar-refractivity contribution in [1.82, 2.24) is 9.97 Å². The van der Waals surface area contributed by atoms with Gasteiger partial charge in [0.2, 0.25) is 0 Å². The topological polar surface area (TPSA) is 63.9 Å². The molecule has 0 atom stereocenters. The third kappa shape index (κ3) is 1.68. The van der Waals surface area contributed by atoms with E-state index in [0.29, 0.717) is 5.82 Å². The highest BCUT2D eigenvalue weighted by Crippen LogP contribution is 2.30. The zero-order valence-electron chi connectivity index (χ0n) is 9.97. The molecular formula is C14H13N3O. The molecule has 18 heavy (non-hydrogen) atoms. The molecule has 90 valence electrons. The minimum Gasteiger partial charge on any atom is -0.496 e. The normalized spacial score (nSPS) is 10.7. The molecule has 3 rings (SSSR count). The number of pyridine rings is 1. The molecule has 0 amide bonds. The van der Waals surface area contributed by atoms with Gasteiger partial charge in [0, 0.05) is 28.4 Å². The van der Waals surface area contributed by atoms with E-state index in [-0.39, 0.29) is 0 Å². The maximum Gasteiger partial charge on any atom is 0.128 e. The van der Waals surface area contributed by atoms with Crippen molar-refractivity contribution in [1.29, 1.82) is 0 Å². The zero-order valence-corrected chi connectivity index (χ0v) is 9.97. The maximum absolute atomic E-state index is 5.58. The average Bonchev–Trinajstić information content (AvgIpc) is 2.83. The molecule has 0 saturated heterocycles. The van der Waals surface area contributed by atoms with Crippen LogP contribution in [0.5, 0.6) is 5.75 Å². The van der Waals surface area contributed by atoms with Gasteiger partial charge in [-0.15, -0.1) is 0 Å². The van der Waals surface area contributed by atoms with Gasteiger partial charge in [-0.05, 0) is 30.3 Å². The van der Waals surface area contributed by atoms with Crippen molar-refractivity contribution >= 4 is 16.7 Å². The van der Waals surface area contributed by atoms with E-state index in [1.165, 1.54) is 0 Å². The number of nitrogen functional groups attached to an aromatic ring is 1. The molecule has 0 aliphatic heterocycles. The first-order valence-electron chi connectivity index (χ1n) is 5.65. The van der Waals surface area contributed by atoms with Gasteiger partial charge < -0.3 is 15.5 Å². The van der Waals surface area contributed by atoms with Crippen molar-refractivity contribution in [2.45, 2.75) is 0 Å². The number of hydrogen-bond donors (Lipinski definition) is 2. The van der Waals surface area contributed by atoms with Crippen LogP contribution in [0.25, 0.3) is 22.2 Å². The molecule has 0 fully saturated rings. The summed E-state index contributed by atoms with van der Waals surface area (Å²) in [5, 5.41) is 1.06. The van der Waals surface area contributed by atoms with Gasteiger partial charge in [0.15, 0.2) is 0 Å². The predicted octanol–water partition coefficient (Wildman–Crippen LogP) is 2.82. The van der Waals surface area contributed by atoms with E-state index in [1.54, 1.807) is 19.4 Å². The average molecular weight is 239 g/mol. The molecule has 2 aromatic heterocycles. The van der Waals surface area contributed by atoms with E-state index >= 15 is 0 Å². The molecular weight excluding hydrogens is 226 g/mol. The number of aromatic amines is 1. The van der Waals surface area contributed by atoms with E-state index in [4.69, 9.17) is 10.5 Å². The highest BCUT2D eigenvalue weighted by Gasteiger charge is 2.07. The summed E-state index contributed by atoms with van der Waals surface area (Å²) in [4.78, 5) is 7.44. The fraction of sp³-hybridized carbons (Fsp3) is 0.0714. The highest BCUT2D eigenvalue weighted by molar-refractivity contribution is 5.90. The lowest BCUT2D eigenvalue weighted by atomic mass is 10.2. The number of aromatic nitrogens is 2. The molecule has 0 aliphatic carbocycles. The van der Waals surface area contributed by atoms with Crippen molar-refractivity contribution in [3.63, 3.8) is 0 Å². The Morgan fingerprint density at radius 1 is 1.22 bits per heavy atom. The summed E-state index contributed by atoms with van der Waals surface area (Å²) in [6.45, 7) is 0. The monoisotopic (exact) mass is 239 g/mol. The van der Waals surface area contributed by atoms with Crippen LogP contribution in [0.3, 0.4) is 0 Å². The number of fused-ring (bicyclic) bond motifs is 1. The molecule has 0 radical (unpaired) electrons. The second kappa shape index (κ2) is 4.07. The van der Waals surface area contributed by atoms with Crippen LogP contribution in [0.2, 0.25) is 0 Å². The summed E-state index contributed by atoms with van der Waals surface area (Å²) >= 11 is 0. The van der Waals surface area contributed by atoms with Crippen LogP contribution in [-0.2, 0) is 0 Å². The summed E-state index contributed by atoms with van der Waals surface area (Å²) < 4.78 is 5.34. The van der Waals surface area contributed by atoms with E-state index < -0.39 is 0 Å². The van der Waals surface area contributed by atoms with Gasteiger partial charge in [0.1, 0.15) is 11.6 Å². The quantitative estimate of drug-likeness (QED) is 0.722. The molecule has 3 aromatic rings. The van der Waals surface area contributed by atoms with Gasteiger partial charge in [-0.3, -0.25) is 0 Å². The van der Waals surface area contributed by atoms with Crippen molar-refractivity contribution in [3.05, 3.63) is 42.6 Å². The minimum atomic E-state index is 0.521. The van der Waals surface area contributed by atoms with Gasteiger partial charge in [-0.1, -0.05) is 6.07 Å². The molecule has 0 unspecified atom stereocenters. The first kappa shape index (κ1) is 10.7. The Morgan fingerprint density at radius 2 is 2.11 bits per heavy atom. The van der Waals surface area contributed by atoms with Crippen LogP contribution >= 0.6 is 0 Å². The van der Waals surface area contributed by atoms with Crippen molar-refractivity contribution in [3.8, 4) is 17.0 Å². The second-order valence-electron chi connectivity index (χ2n) is 4.08. The number of nitrogens with two attached hydrogens (primary N) is 1. The van der Waals surface area contributed by atoms with Gasteiger partial charge in [0.25, 0.3) is 0 Å². The van der Waals surface area contributed by atoms with E-state index in [0.717, 1.165) is 27.9 Å². The summed E-state index contributed by atoms with van der Waals surface area (Å²) in [5.74, 6) is 1.38. The van der Waals surface area contributed by atoms with Crippen LogP contribution in [-0.4, -0.2) is 17.1 Å². The molecule has 0 bridgehead atoms. The number of ether oxygens (including phenoxy) is 1. The Labute approximate surface area is 104 Å². The largest absolute Gasteiger partial charge is 0.496 e. The number of methoxy groups -OCH3 is 1. The van der Waals surface area contributed by atoms with Gasteiger partial charge in [-0.2, -0.15) is 0 Å². The number of anilines is 1. The summed E-state index contributed by atoms with van der Waals surface area (Å²) in [6, 6.07) is 11.7. The Kier molecular flexibility index (Phi) is 2.41. The lowest BCUT2D eigenvalue weighted by molar-refractivity contribution is 0.420. The standard InChI is InChI=1S/C14H13N3O/c1-18-13-4-2-3-11-10(13)7-12(17-11)9-5-6-14(15)16-8-9/h2-8,17H,1H3,(H2,15,16). The first-order chi connectivity index (χ1) is 8.78. The third-order valence-corrected chi connectivity index (χ3v) is 2.94. The molecule has 0 aliphatic rings. The van der Waals surface area contributed by atoms with Crippen LogP contribution < -0.4 is 10.5 Å². The Bertz CT molecular complexity index is 686. The SMILES string of the molecule is COc1cccc2[nH]c(-c3ccc(N)nc3)cc12. The van der Waals surface area contributed by atoms with Crippen LogP contribution in [0.15, 0.2) is 42.6 Å². The van der Waals surface area contributed by atoms with Crippen LogP contribution in [0.4, 0.5) is 5.82 Å². The Hall–Kier alpha value is -2.49. The minimum absolute atomic E-state index is 0.521. The Morgan fingerprint density at radius 3 is 2.83 bits per heavy atom. The summed E-state index contributed by atoms with van der Waals surface area (Å²) in [6.07, 6.45) is 1.76. The summed E-state index contributed by atoms with van der Waals surface area (Å²) in [5.41, 5.74) is 8.63. The summed E-state index contributed by atoms with van der Waals surface area (Å²) in [7, 11) is 1.67. The maximum atomic E-state index is 5.58. The third-order valence-electron chi connectivity index (χ3n) is 2.94. The highest BCUT2D eigenvalue weighted by atomic mass is 16.5. The molecule has 0 saturated carbocycles. The van der Waals surface area contributed by atoms with Gasteiger partial charge in [-0.25, -0.2) is 4.98 Å². The van der Waals surface area contributed by atoms with E-state index in [2.05, 4.69) is 16.0 Å². The van der Waals surface area contributed by atoms with Crippen molar-refractivity contribution in [2.75, 3.05) is 12.8 Å². The predicted molar refractivity (Wildman–Crippen MR) is 72.5 cm³/mol. The second-order valence-corrected chi connectivity index (χ2v) is 4.08. The number of rotatable bonds is 2. The molecule has 4 nitrogen and oxygen atoms in total. The zero-order chi connectivity index (χ0) is 12.5. The smallest absolute Gasteiger partial charge is 0.128 e.